The number of aliphatic carboxylic acids is 1. The molecule has 2 unspecified atom stereocenters. The number of carboxylic acid groups (broad SMARTS) is 1. The predicted molar refractivity (Wildman–Crippen MR) is 54.7 cm³/mol. The molecular weight excluding hydrogens is 194 g/mol. The molecule has 0 bridgehead atoms. The van der Waals surface area contributed by atoms with Gasteiger partial charge in [0, 0.05) is 5.92 Å². The van der Waals surface area contributed by atoms with Crippen molar-refractivity contribution in [3.8, 4) is 0 Å². The van der Waals surface area contributed by atoms with Gasteiger partial charge in [0.25, 0.3) is 0 Å². The lowest BCUT2D eigenvalue weighted by Gasteiger charge is -2.15. The Bertz CT molecular complexity index is 334. The number of rotatable bonds is 3. The second-order valence-electron chi connectivity index (χ2n) is 4.10. The van der Waals surface area contributed by atoms with Crippen LogP contribution in [0.25, 0.3) is 0 Å². The molecule has 1 aliphatic rings. The quantitative estimate of drug-likeness (QED) is 0.790. The Morgan fingerprint density at radius 3 is 3.07 bits per heavy atom. The van der Waals surface area contributed by atoms with Gasteiger partial charge in [-0.25, -0.2) is 0 Å². The number of carbonyl (C=O) groups is 1. The van der Waals surface area contributed by atoms with Gasteiger partial charge >= 0.3 is 5.97 Å². The Balaban J connectivity index is 1.99. The average molecular weight is 209 g/mol. The summed E-state index contributed by atoms with van der Waals surface area (Å²) in [5, 5.41) is 11.9. The van der Waals surface area contributed by atoms with Crippen molar-refractivity contribution in [2.75, 3.05) is 6.54 Å². The maximum atomic E-state index is 10.8. The summed E-state index contributed by atoms with van der Waals surface area (Å²) in [5.41, 5.74) is 0. The van der Waals surface area contributed by atoms with E-state index in [-0.39, 0.29) is 5.92 Å². The van der Waals surface area contributed by atoms with Crippen LogP contribution >= 0.6 is 0 Å². The van der Waals surface area contributed by atoms with E-state index < -0.39 is 12.0 Å². The van der Waals surface area contributed by atoms with Crippen LogP contribution in [0.2, 0.25) is 0 Å². The maximum Gasteiger partial charge on any atom is 0.320 e. The van der Waals surface area contributed by atoms with Crippen molar-refractivity contribution >= 4 is 5.97 Å². The van der Waals surface area contributed by atoms with Crippen molar-refractivity contribution < 1.29 is 14.3 Å². The normalized spacial score (nSPS) is 27.8. The second kappa shape index (κ2) is 4.06. The number of furan rings is 1. The average Bonchev–Trinajstić information content (AvgIpc) is 2.88. The summed E-state index contributed by atoms with van der Waals surface area (Å²) in [6.07, 6.45) is 2.33. The fourth-order valence-corrected chi connectivity index (χ4v) is 2.11. The highest BCUT2D eigenvalue weighted by molar-refractivity contribution is 5.73. The van der Waals surface area contributed by atoms with E-state index in [2.05, 4.69) is 12.2 Å². The number of hydrogen-bond donors (Lipinski definition) is 2. The van der Waals surface area contributed by atoms with Crippen LogP contribution in [0.3, 0.4) is 0 Å². The highest BCUT2D eigenvalue weighted by atomic mass is 16.4. The molecular formula is C11H15NO3. The van der Waals surface area contributed by atoms with Crippen molar-refractivity contribution in [2.24, 2.45) is 5.92 Å². The van der Waals surface area contributed by atoms with Gasteiger partial charge in [-0.3, -0.25) is 4.79 Å². The maximum absolute atomic E-state index is 10.8. The zero-order chi connectivity index (χ0) is 10.8. The Morgan fingerprint density at radius 1 is 1.73 bits per heavy atom. The molecule has 0 radical (unpaired) electrons. The minimum Gasteiger partial charge on any atom is -0.480 e. The van der Waals surface area contributed by atoms with Crippen LogP contribution in [0.15, 0.2) is 22.8 Å². The van der Waals surface area contributed by atoms with Crippen molar-refractivity contribution in [3.05, 3.63) is 24.2 Å². The van der Waals surface area contributed by atoms with Crippen LogP contribution in [0.5, 0.6) is 0 Å². The Hall–Kier alpha value is -1.29. The molecule has 1 saturated heterocycles. The first kappa shape index (κ1) is 10.2. The third-order valence-corrected chi connectivity index (χ3v) is 3.16. The van der Waals surface area contributed by atoms with Crippen molar-refractivity contribution in [1.29, 1.82) is 0 Å². The highest BCUT2D eigenvalue weighted by Gasteiger charge is 2.33. The van der Waals surface area contributed by atoms with E-state index in [1.807, 2.05) is 12.1 Å². The molecule has 4 nitrogen and oxygen atoms in total. The number of nitrogens with one attached hydrogen (secondary N) is 1. The van der Waals surface area contributed by atoms with Crippen molar-refractivity contribution in [2.45, 2.75) is 25.3 Å². The van der Waals surface area contributed by atoms with Gasteiger partial charge in [-0.05, 0) is 31.0 Å². The van der Waals surface area contributed by atoms with Gasteiger partial charge in [0.15, 0.2) is 0 Å². The summed E-state index contributed by atoms with van der Waals surface area (Å²) in [5.74, 6) is 0.797. The van der Waals surface area contributed by atoms with Gasteiger partial charge in [0.05, 0.1) is 6.26 Å². The third kappa shape index (κ3) is 2.04. The first-order valence-corrected chi connectivity index (χ1v) is 5.18. The number of carboxylic acids is 1. The topological polar surface area (TPSA) is 62.5 Å². The Morgan fingerprint density at radius 2 is 2.53 bits per heavy atom. The van der Waals surface area contributed by atoms with E-state index in [9.17, 15) is 4.79 Å². The smallest absolute Gasteiger partial charge is 0.320 e. The van der Waals surface area contributed by atoms with E-state index in [1.54, 1.807) is 6.26 Å². The zero-order valence-electron chi connectivity index (χ0n) is 8.64. The fraction of sp³-hybridized carbons (Fsp3) is 0.545. The van der Waals surface area contributed by atoms with Gasteiger partial charge in [-0.2, -0.15) is 0 Å². The SMILES string of the molecule is CC(c1ccco1)C1CN[C@H](C(=O)O)C1. The molecule has 2 rings (SSSR count). The fourth-order valence-electron chi connectivity index (χ4n) is 2.11. The summed E-state index contributed by atoms with van der Waals surface area (Å²) in [6.45, 7) is 2.83. The molecule has 1 aromatic rings. The summed E-state index contributed by atoms with van der Waals surface area (Å²) in [4.78, 5) is 10.8. The lowest BCUT2D eigenvalue weighted by atomic mass is 9.90. The highest BCUT2D eigenvalue weighted by Crippen LogP contribution is 2.30. The molecule has 2 N–H and O–H groups in total. The molecule has 0 spiro atoms. The van der Waals surface area contributed by atoms with E-state index in [0.717, 1.165) is 12.3 Å². The second-order valence-corrected chi connectivity index (χ2v) is 4.10. The van der Waals surface area contributed by atoms with Gasteiger partial charge in [-0.15, -0.1) is 0 Å². The molecule has 0 aliphatic carbocycles. The third-order valence-electron chi connectivity index (χ3n) is 3.16. The number of hydrogen-bond acceptors (Lipinski definition) is 3. The molecule has 3 atom stereocenters. The van der Waals surface area contributed by atoms with Crippen LogP contribution in [-0.4, -0.2) is 23.7 Å². The molecule has 15 heavy (non-hydrogen) atoms. The lowest BCUT2D eigenvalue weighted by Crippen LogP contribution is -2.29. The standard InChI is InChI=1S/C11H15NO3/c1-7(10-3-2-4-15-10)8-5-9(11(13)14)12-6-8/h2-4,7-9,12H,5-6H2,1H3,(H,13,14)/t7?,8?,9-/m0/s1. The van der Waals surface area contributed by atoms with E-state index >= 15 is 0 Å². The molecule has 0 aromatic carbocycles. The zero-order valence-corrected chi connectivity index (χ0v) is 8.64. The molecule has 82 valence electrons. The van der Waals surface area contributed by atoms with Gasteiger partial charge in [-0.1, -0.05) is 6.92 Å². The molecule has 2 heterocycles. The molecule has 1 aliphatic heterocycles. The van der Waals surface area contributed by atoms with Crippen LogP contribution in [0.1, 0.15) is 25.0 Å². The summed E-state index contributed by atoms with van der Waals surface area (Å²) < 4.78 is 5.33. The van der Waals surface area contributed by atoms with Crippen LogP contribution < -0.4 is 5.32 Å². The molecule has 4 heteroatoms. The van der Waals surface area contributed by atoms with Gasteiger partial charge < -0.3 is 14.8 Å². The van der Waals surface area contributed by atoms with E-state index in [4.69, 9.17) is 9.52 Å². The van der Waals surface area contributed by atoms with Crippen LogP contribution in [0.4, 0.5) is 0 Å². The van der Waals surface area contributed by atoms with Crippen LogP contribution in [0, 0.1) is 5.92 Å². The molecule has 0 amide bonds. The predicted octanol–water partition coefficient (Wildman–Crippen LogP) is 1.45. The Labute approximate surface area is 88.3 Å². The Kier molecular flexibility index (Phi) is 2.77. The van der Waals surface area contributed by atoms with Crippen LogP contribution in [-0.2, 0) is 4.79 Å². The van der Waals surface area contributed by atoms with Gasteiger partial charge in [0.1, 0.15) is 11.8 Å². The van der Waals surface area contributed by atoms with Crippen molar-refractivity contribution in [3.63, 3.8) is 0 Å². The van der Waals surface area contributed by atoms with Gasteiger partial charge in [0.2, 0.25) is 0 Å². The first-order chi connectivity index (χ1) is 7.18. The van der Waals surface area contributed by atoms with Crippen molar-refractivity contribution in [1.82, 2.24) is 5.32 Å². The minimum atomic E-state index is -0.760. The lowest BCUT2D eigenvalue weighted by molar-refractivity contribution is -0.139. The molecule has 1 fully saturated rings. The summed E-state index contributed by atoms with van der Waals surface area (Å²) in [7, 11) is 0. The van der Waals surface area contributed by atoms with E-state index in [1.165, 1.54) is 0 Å². The molecule has 1 aromatic heterocycles. The summed E-state index contributed by atoms with van der Waals surface area (Å²) in [6, 6.07) is 3.41. The summed E-state index contributed by atoms with van der Waals surface area (Å²) >= 11 is 0. The largest absolute Gasteiger partial charge is 0.480 e. The van der Waals surface area contributed by atoms with E-state index in [0.29, 0.717) is 12.3 Å². The minimum absolute atomic E-state index is 0.275. The monoisotopic (exact) mass is 209 g/mol. The molecule has 0 saturated carbocycles. The first-order valence-electron chi connectivity index (χ1n) is 5.18.